The van der Waals surface area contributed by atoms with Crippen LogP contribution in [0.1, 0.15) is 19.4 Å². The number of hydrogen-bond donors (Lipinski definition) is 2. The number of likely N-dealkylation sites (N-methyl/N-ethyl adjacent to an activating group) is 1. The van der Waals surface area contributed by atoms with Crippen molar-refractivity contribution in [3.05, 3.63) is 23.8 Å². The highest BCUT2D eigenvalue weighted by atomic mass is 16.5. The van der Waals surface area contributed by atoms with Gasteiger partial charge in [0.25, 0.3) is 17.4 Å². The van der Waals surface area contributed by atoms with Crippen LogP contribution in [0.4, 0.5) is 5.69 Å². The lowest BCUT2D eigenvalue weighted by molar-refractivity contribution is -0.146. The van der Waals surface area contributed by atoms with Crippen LogP contribution in [0.25, 0.3) is 0 Å². The molecule has 0 saturated carbocycles. The first kappa shape index (κ1) is 12.4. The van der Waals surface area contributed by atoms with Gasteiger partial charge in [0.1, 0.15) is 5.75 Å². The number of carbonyl (C=O) groups excluding carboxylic acids is 2. The van der Waals surface area contributed by atoms with Gasteiger partial charge in [0.15, 0.2) is 0 Å². The van der Waals surface area contributed by atoms with E-state index in [9.17, 15) is 9.59 Å². The van der Waals surface area contributed by atoms with Crippen molar-refractivity contribution in [2.45, 2.75) is 26.4 Å². The summed E-state index contributed by atoms with van der Waals surface area (Å²) < 4.78 is 5.58. The maximum atomic E-state index is 12.0. The van der Waals surface area contributed by atoms with Crippen LogP contribution < -0.4 is 15.4 Å². The van der Waals surface area contributed by atoms with E-state index in [-0.39, 0.29) is 0 Å². The van der Waals surface area contributed by atoms with Gasteiger partial charge in [-0.2, -0.15) is 0 Å². The molecule has 2 rings (SSSR count). The van der Waals surface area contributed by atoms with Crippen LogP contribution in [-0.4, -0.2) is 24.0 Å². The number of aryl methyl sites for hydroxylation is 1. The first-order chi connectivity index (χ1) is 8.47. The molecule has 5 nitrogen and oxygen atoms in total. The van der Waals surface area contributed by atoms with Crippen LogP contribution >= 0.6 is 0 Å². The van der Waals surface area contributed by atoms with Gasteiger partial charge in [-0.15, -0.1) is 0 Å². The lowest BCUT2D eigenvalue weighted by Crippen LogP contribution is -2.58. The zero-order chi connectivity index (χ0) is 13.3. The summed E-state index contributed by atoms with van der Waals surface area (Å²) in [5.74, 6) is -0.380. The number of anilines is 1. The van der Waals surface area contributed by atoms with E-state index in [2.05, 4.69) is 10.6 Å². The second-order valence-electron chi connectivity index (χ2n) is 4.45. The van der Waals surface area contributed by atoms with Gasteiger partial charge in [0.05, 0.1) is 5.69 Å². The zero-order valence-corrected chi connectivity index (χ0v) is 10.7. The Morgan fingerprint density at radius 1 is 1.50 bits per heavy atom. The predicted octanol–water partition coefficient (Wildman–Crippen LogP) is 1.22. The summed E-state index contributed by atoms with van der Waals surface area (Å²) in [7, 11) is 0. The Bertz CT molecular complexity index is 513. The maximum Gasteiger partial charge on any atom is 0.278 e. The van der Waals surface area contributed by atoms with Gasteiger partial charge in [-0.05, 0) is 38.5 Å². The smallest absolute Gasteiger partial charge is 0.278 e. The Kier molecular flexibility index (Phi) is 2.98. The largest absolute Gasteiger partial charge is 0.466 e. The molecule has 18 heavy (non-hydrogen) atoms. The normalized spacial score (nSPS) is 21.6. The van der Waals surface area contributed by atoms with Crippen molar-refractivity contribution in [2.75, 3.05) is 11.9 Å². The van der Waals surface area contributed by atoms with Gasteiger partial charge in [0.2, 0.25) is 0 Å². The number of benzene rings is 1. The highest BCUT2D eigenvalue weighted by molar-refractivity contribution is 6.15. The first-order valence-corrected chi connectivity index (χ1v) is 5.87. The van der Waals surface area contributed by atoms with E-state index >= 15 is 0 Å². The fraction of sp³-hybridized carbons (Fsp3) is 0.385. The van der Waals surface area contributed by atoms with Gasteiger partial charge in [-0.25, -0.2) is 0 Å². The van der Waals surface area contributed by atoms with E-state index in [0.717, 1.165) is 5.56 Å². The SMILES string of the molecule is CCNC(=O)C1(C)Oc2ccc(C)cc2NC1=O. The molecule has 1 aliphatic heterocycles. The van der Waals surface area contributed by atoms with E-state index in [4.69, 9.17) is 4.74 Å². The number of ether oxygens (including phenoxy) is 1. The van der Waals surface area contributed by atoms with Crippen molar-refractivity contribution in [2.24, 2.45) is 0 Å². The Hall–Kier alpha value is -2.04. The molecule has 0 radical (unpaired) electrons. The molecule has 0 saturated heterocycles. The number of nitrogens with one attached hydrogen (secondary N) is 2. The summed E-state index contributed by atoms with van der Waals surface area (Å²) in [6.45, 7) is 5.63. The second kappa shape index (κ2) is 4.33. The fourth-order valence-electron chi connectivity index (χ4n) is 1.82. The first-order valence-electron chi connectivity index (χ1n) is 5.87. The molecule has 0 aromatic heterocycles. The summed E-state index contributed by atoms with van der Waals surface area (Å²) in [5, 5.41) is 5.31. The van der Waals surface area contributed by atoms with Crippen molar-refractivity contribution < 1.29 is 14.3 Å². The number of hydrogen-bond acceptors (Lipinski definition) is 3. The third kappa shape index (κ3) is 1.92. The summed E-state index contributed by atoms with van der Waals surface area (Å²) in [6, 6.07) is 5.43. The standard InChI is InChI=1S/C13H16N2O3/c1-4-14-11(16)13(3)12(17)15-9-7-8(2)5-6-10(9)18-13/h5-7H,4H2,1-3H3,(H,14,16)(H,15,17). The Balaban J connectivity index is 2.36. The van der Waals surface area contributed by atoms with Crippen molar-refractivity contribution in [3.63, 3.8) is 0 Å². The quantitative estimate of drug-likeness (QED) is 0.773. The average Bonchev–Trinajstić information content (AvgIpc) is 2.31. The summed E-state index contributed by atoms with van der Waals surface area (Å²) in [4.78, 5) is 23.9. The van der Waals surface area contributed by atoms with Crippen molar-refractivity contribution in [1.82, 2.24) is 5.32 Å². The number of rotatable bonds is 2. The summed E-state index contributed by atoms with van der Waals surface area (Å²) in [5.41, 5.74) is 0.0965. The summed E-state index contributed by atoms with van der Waals surface area (Å²) >= 11 is 0. The zero-order valence-electron chi connectivity index (χ0n) is 10.7. The predicted molar refractivity (Wildman–Crippen MR) is 67.5 cm³/mol. The van der Waals surface area contributed by atoms with Crippen LogP contribution in [0.3, 0.4) is 0 Å². The molecule has 1 aromatic carbocycles. The van der Waals surface area contributed by atoms with Crippen LogP contribution in [0.5, 0.6) is 5.75 Å². The van der Waals surface area contributed by atoms with E-state index in [1.165, 1.54) is 6.92 Å². The van der Waals surface area contributed by atoms with E-state index in [0.29, 0.717) is 18.0 Å². The van der Waals surface area contributed by atoms with Crippen LogP contribution in [0, 0.1) is 6.92 Å². The fourth-order valence-corrected chi connectivity index (χ4v) is 1.82. The molecule has 96 valence electrons. The minimum Gasteiger partial charge on any atom is -0.466 e. The van der Waals surface area contributed by atoms with Crippen LogP contribution in [0.2, 0.25) is 0 Å². The molecule has 1 heterocycles. The topological polar surface area (TPSA) is 67.4 Å². The number of carbonyl (C=O) groups is 2. The highest BCUT2D eigenvalue weighted by Crippen LogP contribution is 2.34. The molecule has 1 aliphatic rings. The Morgan fingerprint density at radius 3 is 2.89 bits per heavy atom. The van der Waals surface area contributed by atoms with Gasteiger partial charge in [-0.3, -0.25) is 9.59 Å². The van der Waals surface area contributed by atoms with E-state index in [1.807, 2.05) is 19.1 Å². The summed E-state index contributed by atoms with van der Waals surface area (Å²) in [6.07, 6.45) is 0. The molecule has 1 atom stereocenters. The number of fused-ring (bicyclic) bond motifs is 1. The van der Waals surface area contributed by atoms with Gasteiger partial charge < -0.3 is 15.4 Å². The molecule has 2 N–H and O–H groups in total. The molecule has 1 unspecified atom stereocenters. The Labute approximate surface area is 106 Å². The van der Waals surface area contributed by atoms with Gasteiger partial charge in [-0.1, -0.05) is 6.07 Å². The monoisotopic (exact) mass is 248 g/mol. The molecule has 5 heteroatoms. The molecule has 2 amide bonds. The lowest BCUT2D eigenvalue weighted by atomic mass is 10.0. The average molecular weight is 248 g/mol. The van der Waals surface area contributed by atoms with Crippen molar-refractivity contribution in [3.8, 4) is 5.75 Å². The van der Waals surface area contributed by atoms with Crippen LogP contribution in [0.15, 0.2) is 18.2 Å². The van der Waals surface area contributed by atoms with E-state index in [1.54, 1.807) is 13.0 Å². The molecule has 0 spiro atoms. The molecule has 0 bridgehead atoms. The third-order valence-corrected chi connectivity index (χ3v) is 2.90. The minimum absolute atomic E-state index is 0.436. The molecule has 0 aliphatic carbocycles. The molecular formula is C13H16N2O3. The van der Waals surface area contributed by atoms with Crippen molar-refractivity contribution in [1.29, 1.82) is 0 Å². The minimum atomic E-state index is -1.52. The molecule has 0 fully saturated rings. The molecule has 1 aromatic rings. The lowest BCUT2D eigenvalue weighted by Gasteiger charge is -2.33. The van der Waals surface area contributed by atoms with Crippen LogP contribution in [-0.2, 0) is 9.59 Å². The second-order valence-corrected chi connectivity index (χ2v) is 4.45. The number of amides is 2. The van der Waals surface area contributed by atoms with Crippen molar-refractivity contribution >= 4 is 17.5 Å². The van der Waals surface area contributed by atoms with Gasteiger partial charge >= 0.3 is 0 Å². The van der Waals surface area contributed by atoms with Gasteiger partial charge in [0, 0.05) is 6.54 Å². The highest BCUT2D eigenvalue weighted by Gasteiger charge is 2.46. The maximum absolute atomic E-state index is 12.0. The third-order valence-electron chi connectivity index (χ3n) is 2.90. The Morgan fingerprint density at radius 2 is 2.22 bits per heavy atom. The van der Waals surface area contributed by atoms with E-state index < -0.39 is 17.4 Å². The molecular weight excluding hydrogens is 232 g/mol.